The third-order valence-corrected chi connectivity index (χ3v) is 5.61. The standard InChI is InChI=1S/C21H22F3N5O/c1-12-15(13(2)29-20(25-12)27-19(28-29)21(22,23)24)10-11-18(30)26-17-9-5-7-14-6-3-4-8-16(14)17/h3-4,6,8,17H,5,7,9-11H2,1-2H3,(H,26,30). The van der Waals surface area contributed by atoms with Gasteiger partial charge < -0.3 is 5.32 Å². The van der Waals surface area contributed by atoms with Crippen molar-refractivity contribution in [1.82, 2.24) is 24.9 Å². The SMILES string of the molecule is Cc1nc2nc(C(F)(F)F)nn2c(C)c1CCC(=O)NC1CCCc2ccccc21. The minimum atomic E-state index is -4.63. The molecule has 3 aromatic rings. The Kier molecular flexibility index (Phi) is 5.21. The molecule has 1 unspecified atom stereocenters. The van der Waals surface area contributed by atoms with E-state index in [4.69, 9.17) is 0 Å². The Labute approximate surface area is 171 Å². The van der Waals surface area contributed by atoms with Gasteiger partial charge in [0, 0.05) is 17.8 Å². The minimum absolute atomic E-state index is 0.00471. The summed E-state index contributed by atoms with van der Waals surface area (Å²) >= 11 is 0. The van der Waals surface area contributed by atoms with Crippen molar-refractivity contribution < 1.29 is 18.0 Å². The van der Waals surface area contributed by atoms with Gasteiger partial charge in [-0.05, 0) is 56.2 Å². The van der Waals surface area contributed by atoms with E-state index in [2.05, 4.69) is 32.5 Å². The number of aryl methyl sites for hydroxylation is 3. The summed E-state index contributed by atoms with van der Waals surface area (Å²) in [6.07, 6.45) is -1.12. The predicted molar refractivity (Wildman–Crippen MR) is 104 cm³/mol. The van der Waals surface area contributed by atoms with Gasteiger partial charge in [0.05, 0.1) is 6.04 Å². The largest absolute Gasteiger partial charge is 0.453 e. The average Bonchev–Trinajstić information content (AvgIpc) is 3.13. The number of nitrogens with zero attached hydrogens (tertiary/aromatic N) is 4. The van der Waals surface area contributed by atoms with E-state index >= 15 is 0 Å². The van der Waals surface area contributed by atoms with E-state index in [1.165, 1.54) is 5.56 Å². The first-order chi connectivity index (χ1) is 14.2. The molecule has 0 spiro atoms. The van der Waals surface area contributed by atoms with Gasteiger partial charge in [0.25, 0.3) is 11.6 Å². The first kappa shape index (κ1) is 20.3. The maximum absolute atomic E-state index is 12.9. The molecule has 1 aliphatic carbocycles. The molecule has 0 radical (unpaired) electrons. The molecule has 9 heteroatoms. The highest BCUT2D eigenvalue weighted by Gasteiger charge is 2.37. The second kappa shape index (κ2) is 7.70. The molecule has 2 heterocycles. The fraction of sp³-hybridized carbons (Fsp3) is 0.429. The molecule has 1 N–H and O–H groups in total. The lowest BCUT2D eigenvalue weighted by Gasteiger charge is -2.26. The molecule has 30 heavy (non-hydrogen) atoms. The van der Waals surface area contributed by atoms with Gasteiger partial charge in [-0.25, -0.2) is 9.50 Å². The van der Waals surface area contributed by atoms with Crippen molar-refractivity contribution in [3.8, 4) is 0 Å². The fourth-order valence-corrected chi connectivity index (χ4v) is 4.10. The quantitative estimate of drug-likeness (QED) is 0.699. The van der Waals surface area contributed by atoms with Gasteiger partial charge in [0.2, 0.25) is 5.91 Å². The Hall–Kier alpha value is -2.97. The number of carbonyl (C=O) groups excluding carboxylic acids is 1. The Morgan fingerprint density at radius 2 is 2.00 bits per heavy atom. The molecule has 0 saturated heterocycles. The molecule has 1 atom stereocenters. The number of hydrogen-bond acceptors (Lipinski definition) is 4. The zero-order valence-electron chi connectivity index (χ0n) is 16.8. The first-order valence-electron chi connectivity index (χ1n) is 9.91. The van der Waals surface area contributed by atoms with Crippen molar-refractivity contribution in [2.75, 3.05) is 0 Å². The van der Waals surface area contributed by atoms with Crippen LogP contribution >= 0.6 is 0 Å². The van der Waals surface area contributed by atoms with Crippen molar-refractivity contribution in [2.45, 2.75) is 58.2 Å². The number of fused-ring (bicyclic) bond motifs is 2. The summed E-state index contributed by atoms with van der Waals surface area (Å²) in [4.78, 5) is 20.2. The molecule has 4 rings (SSSR count). The molecule has 0 saturated carbocycles. The van der Waals surface area contributed by atoms with Crippen LogP contribution in [0.5, 0.6) is 0 Å². The lowest BCUT2D eigenvalue weighted by atomic mass is 9.87. The number of benzene rings is 1. The number of amides is 1. The number of hydrogen-bond donors (Lipinski definition) is 1. The molecular weight excluding hydrogens is 395 g/mol. The Morgan fingerprint density at radius 1 is 1.23 bits per heavy atom. The zero-order valence-corrected chi connectivity index (χ0v) is 16.8. The third-order valence-electron chi connectivity index (χ3n) is 5.61. The summed E-state index contributed by atoms with van der Waals surface area (Å²) in [5.41, 5.74) is 4.20. The van der Waals surface area contributed by atoms with Crippen LogP contribution < -0.4 is 5.32 Å². The summed E-state index contributed by atoms with van der Waals surface area (Å²) in [5.74, 6) is -1.40. The third kappa shape index (κ3) is 3.88. The number of rotatable bonds is 4. The van der Waals surface area contributed by atoms with Crippen LogP contribution in [0.2, 0.25) is 0 Å². The normalized spacial score (nSPS) is 16.5. The zero-order chi connectivity index (χ0) is 21.5. The number of aromatic nitrogens is 4. The van der Waals surface area contributed by atoms with E-state index in [-0.39, 0.29) is 24.1 Å². The monoisotopic (exact) mass is 417 g/mol. The fourth-order valence-electron chi connectivity index (χ4n) is 4.10. The molecule has 1 amide bonds. The van der Waals surface area contributed by atoms with Crippen LogP contribution in [0.1, 0.15) is 59.2 Å². The first-order valence-corrected chi connectivity index (χ1v) is 9.91. The van der Waals surface area contributed by atoms with Gasteiger partial charge in [-0.3, -0.25) is 4.79 Å². The van der Waals surface area contributed by atoms with E-state index in [0.717, 1.165) is 29.3 Å². The van der Waals surface area contributed by atoms with Crippen molar-refractivity contribution >= 4 is 11.7 Å². The number of nitrogens with one attached hydrogen (secondary N) is 1. The number of halogens is 3. The molecule has 0 aliphatic heterocycles. The molecule has 1 aliphatic rings. The Bertz CT molecular complexity index is 1110. The Morgan fingerprint density at radius 3 is 2.77 bits per heavy atom. The van der Waals surface area contributed by atoms with Crippen LogP contribution in [0.25, 0.3) is 5.78 Å². The summed E-state index contributed by atoms with van der Waals surface area (Å²) in [6, 6.07) is 8.12. The highest BCUT2D eigenvalue weighted by atomic mass is 19.4. The second-order valence-electron chi connectivity index (χ2n) is 7.62. The van der Waals surface area contributed by atoms with Crippen LogP contribution in [0.4, 0.5) is 13.2 Å². The smallest absolute Gasteiger partial charge is 0.349 e. The van der Waals surface area contributed by atoms with E-state index in [1.807, 2.05) is 12.1 Å². The highest BCUT2D eigenvalue weighted by molar-refractivity contribution is 5.77. The van der Waals surface area contributed by atoms with Crippen molar-refractivity contribution in [2.24, 2.45) is 0 Å². The van der Waals surface area contributed by atoms with Gasteiger partial charge in [-0.1, -0.05) is 24.3 Å². The molecule has 6 nitrogen and oxygen atoms in total. The van der Waals surface area contributed by atoms with Crippen molar-refractivity contribution in [3.05, 3.63) is 58.2 Å². The van der Waals surface area contributed by atoms with E-state index in [9.17, 15) is 18.0 Å². The summed E-state index contributed by atoms with van der Waals surface area (Å²) < 4.78 is 39.9. The number of alkyl halides is 3. The van der Waals surface area contributed by atoms with Crippen LogP contribution in [0.15, 0.2) is 24.3 Å². The van der Waals surface area contributed by atoms with E-state index in [1.54, 1.807) is 13.8 Å². The maximum Gasteiger partial charge on any atom is 0.453 e. The maximum atomic E-state index is 12.9. The molecule has 0 fully saturated rings. The van der Waals surface area contributed by atoms with Crippen LogP contribution in [-0.4, -0.2) is 25.5 Å². The lowest BCUT2D eigenvalue weighted by Crippen LogP contribution is -2.31. The van der Waals surface area contributed by atoms with Crippen molar-refractivity contribution in [1.29, 1.82) is 0 Å². The number of carbonyl (C=O) groups is 1. The predicted octanol–water partition coefficient (Wildman–Crippen LogP) is 3.89. The second-order valence-corrected chi connectivity index (χ2v) is 7.62. The minimum Gasteiger partial charge on any atom is -0.349 e. The Balaban J connectivity index is 1.49. The van der Waals surface area contributed by atoms with Gasteiger partial charge in [0.15, 0.2) is 0 Å². The van der Waals surface area contributed by atoms with Crippen LogP contribution in [0.3, 0.4) is 0 Å². The van der Waals surface area contributed by atoms with E-state index in [0.29, 0.717) is 23.4 Å². The lowest BCUT2D eigenvalue weighted by molar-refractivity contribution is -0.144. The van der Waals surface area contributed by atoms with Crippen molar-refractivity contribution in [3.63, 3.8) is 0 Å². The molecule has 158 valence electrons. The molecule has 0 bridgehead atoms. The van der Waals surface area contributed by atoms with Gasteiger partial charge in [-0.15, -0.1) is 5.10 Å². The van der Waals surface area contributed by atoms with Crippen LogP contribution in [0, 0.1) is 13.8 Å². The van der Waals surface area contributed by atoms with E-state index < -0.39 is 12.0 Å². The highest BCUT2D eigenvalue weighted by Crippen LogP contribution is 2.30. The van der Waals surface area contributed by atoms with Gasteiger partial charge in [-0.2, -0.15) is 18.2 Å². The summed E-state index contributed by atoms with van der Waals surface area (Å²) in [5, 5.41) is 6.65. The molecule has 1 aromatic carbocycles. The van der Waals surface area contributed by atoms with Crippen LogP contribution in [-0.2, 0) is 23.8 Å². The van der Waals surface area contributed by atoms with Gasteiger partial charge >= 0.3 is 6.18 Å². The average molecular weight is 417 g/mol. The summed E-state index contributed by atoms with van der Waals surface area (Å²) in [6.45, 7) is 3.38. The summed E-state index contributed by atoms with van der Waals surface area (Å²) in [7, 11) is 0. The topological polar surface area (TPSA) is 72.2 Å². The molecule has 2 aromatic heterocycles. The van der Waals surface area contributed by atoms with Gasteiger partial charge in [0.1, 0.15) is 0 Å². The molecular formula is C21H22F3N5O.